The molecular weight excluding hydrogens is 288 g/mol. The number of imide groups is 1. The second kappa shape index (κ2) is 5.89. The van der Waals surface area contributed by atoms with Crippen molar-refractivity contribution in [1.82, 2.24) is 9.80 Å². The predicted octanol–water partition coefficient (Wildman–Crippen LogP) is 1.53. The summed E-state index contributed by atoms with van der Waals surface area (Å²) in [6, 6.07) is 9.76. The van der Waals surface area contributed by atoms with Gasteiger partial charge >= 0.3 is 0 Å². The Morgan fingerprint density at radius 1 is 1.19 bits per heavy atom. The van der Waals surface area contributed by atoms with Gasteiger partial charge in [0.1, 0.15) is 0 Å². The van der Waals surface area contributed by atoms with Crippen molar-refractivity contribution in [1.29, 1.82) is 0 Å². The zero-order chi connectivity index (χ0) is 14.8. The van der Waals surface area contributed by atoms with Crippen LogP contribution in [-0.4, -0.2) is 51.7 Å². The third-order valence-electron chi connectivity index (χ3n) is 3.83. The van der Waals surface area contributed by atoms with Gasteiger partial charge in [0.25, 0.3) is 5.24 Å². The molecule has 0 aliphatic carbocycles. The van der Waals surface area contributed by atoms with Gasteiger partial charge in [-0.1, -0.05) is 42.1 Å². The highest BCUT2D eigenvalue weighted by Gasteiger charge is 2.43. The van der Waals surface area contributed by atoms with Crippen LogP contribution in [0, 0.1) is 0 Å². The molecular formula is C15H16N2O3S. The van der Waals surface area contributed by atoms with Crippen molar-refractivity contribution in [2.24, 2.45) is 0 Å². The molecule has 2 heterocycles. The van der Waals surface area contributed by atoms with Gasteiger partial charge < -0.3 is 4.90 Å². The minimum Gasteiger partial charge on any atom is -0.338 e. The molecule has 3 rings (SSSR count). The van der Waals surface area contributed by atoms with Crippen molar-refractivity contribution in [3.8, 4) is 0 Å². The van der Waals surface area contributed by atoms with Crippen molar-refractivity contribution >= 4 is 28.8 Å². The summed E-state index contributed by atoms with van der Waals surface area (Å²) in [7, 11) is 0. The number of thioether (sulfide) groups is 1. The first-order chi connectivity index (χ1) is 10.1. The van der Waals surface area contributed by atoms with Crippen molar-refractivity contribution in [3.63, 3.8) is 0 Å². The van der Waals surface area contributed by atoms with Crippen LogP contribution in [0.5, 0.6) is 0 Å². The molecule has 0 unspecified atom stereocenters. The molecule has 2 aliphatic heterocycles. The quantitative estimate of drug-likeness (QED) is 0.846. The van der Waals surface area contributed by atoms with Crippen LogP contribution in [0.2, 0.25) is 0 Å². The number of carbonyl (C=O) groups is 3. The Balaban J connectivity index is 1.46. The molecule has 0 spiro atoms. The number of amides is 3. The van der Waals surface area contributed by atoms with E-state index in [4.69, 9.17) is 0 Å². The minimum atomic E-state index is -0.179. The van der Waals surface area contributed by atoms with Crippen LogP contribution in [0.25, 0.3) is 0 Å². The molecule has 0 atom stereocenters. The molecule has 0 aromatic heterocycles. The lowest BCUT2D eigenvalue weighted by Gasteiger charge is -2.42. The monoisotopic (exact) mass is 304 g/mol. The zero-order valence-electron chi connectivity index (χ0n) is 11.5. The van der Waals surface area contributed by atoms with Gasteiger partial charge in [-0.3, -0.25) is 19.3 Å². The average Bonchev–Trinajstić information content (AvgIpc) is 2.77. The summed E-state index contributed by atoms with van der Waals surface area (Å²) in [6.45, 7) is 0.956. The van der Waals surface area contributed by atoms with Crippen LogP contribution in [0.3, 0.4) is 0 Å². The second-order valence-electron chi connectivity index (χ2n) is 5.26. The maximum atomic E-state index is 12.1. The first-order valence-corrected chi connectivity index (χ1v) is 7.94. The summed E-state index contributed by atoms with van der Waals surface area (Å²) in [5.74, 6) is 0.185. The summed E-state index contributed by atoms with van der Waals surface area (Å²) in [4.78, 5) is 38.2. The lowest BCUT2D eigenvalue weighted by atomic mass is 10.0. The summed E-state index contributed by atoms with van der Waals surface area (Å²) in [6.07, 6.45) is 1.19. The standard InChI is InChI=1S/C15H16N2O3S/c18-13(7-6-11-4-2-1-3-5-11)16-8-12(9-16)17-14(19)10-21-15(17)20/h1-5,12H,6-10H2. The third kappa shape index (κ3) is 2.95. The molecule has 5 nitrogen and oxygen atoms in total. The number of nitrogens with zero attached hydrogens (tertiary/aromatic N) is 2. The van der Waals surface area contributed by atoms with Gasteiger partial charge in [0.2, 0.25) is 11.8 Å². The van der Waals surface area contributed by atoms with Gasteiger partial charge in [0, 0.05) is 19.5 Å². The second-order valence-corrected chi connectivity index (χ2v) is 6.18. The van der Waals surface area contributed by atoms with E-state index in [0.717, 1.165) is 23.7 Å². The van der Waals surface area contributed by atoms with E-state index < -0.39 is 0 Å². The molecule has 110 valence electrons. The van der Waals surface area contributed by atoms with Crippen LogP contribution in [0.15, 0.2) is 30.3 Å². The minimum absolute atomic E-state index is 0.0850. The SMILES string of the molecule is O=C(CCc1ccccc1)N1CC(N2C(=O)CSC2=O)C1. The highest BCUT2D eigenvalue weighted by atomic mass is 32.2. The van der Waals surface area contributed by atoms with E-state index in [1.807, 2.05) is 30.3 Å². The van der Waals surface area contributed by atoms with Crippen molar-refractivity contribution in [2.75, 3.05) is 18.8 Å². The van der Waals surface area contributed by atoms with Gasteiger partial charge in [-0.2, -0.15) is 0 Å². The van der Waals surface area contributed by atoms with Gasteiger partial charge in [-0.15, -0.1) is 0 Å². The topological polar surface area (TPSA) is 57.7 Å². The smallest absolute Gasteiger partial charge is 0.289 e. The summed E-state index contributed by atoms with van der Waals surface area (Å²) < 4.78 is 0. The highest BCUT2D eigenvalue weighted by molar-refractivity contribution is 8.14. The maximum absolute atomic E-state index is 12.1. The van der Waals surface area contributed by atoms with Crippen molar-refractivity contribution in [3.05, 3.63) is 35.9 Å². The van der Waals surface area contributed by atoms with Crippen LogP contribution in [0.4, 0.5) is 4.79 Å². The van der Waals surface area contributed by atoms with E-state index in [1.54, 1.807) is 4.90 Å². The predicted molar refractivity (Wildman–Crippen MR) is 79.8 cm³/mol. The highest BCUT2D eigenvalue weighted by Crippen LogP contribution is 2.26. The molecule has 0 N–H and O–H groups in total. The van der Waals surface area contributed by atoms with E-state index in [0.29, 0.717) is 19.5 Å². The van der Waals surface area contributed by atoms with E-state index in [1.165, 1.54) is 4.90 Å². The van der Waals surface area contributed by atoms with Crippen LogP contribution in [0.1, 0.15) is 12.0 Å². The average molecular weight is 304 g/mol. The number of carbonyl (C=O) groups excluding carboxylic acids is 3. The van der Waals surface area contributed by atoms with Crippen LogP contribution < -0.4 is 0 Å². The van der Waals surface area contributed by atoms with Crippen molar-refractivity contribution in [2.45, 2.75) is 18.9 Å². The lowest BCUT2D eigenvalue weighted by molar-refractivity contribution is -0.142. The normalized spacial score (nSPS) is 19.0. The molecule has 0 saturated carbocycles. The molecule has 2 saturated heterocycles. The molecule has 0 radical (unpaired) electrons. The Morgan fingerprint density at radius 3 is 2.52 bits per heavy atom. The Morgan fingerprint density at radius 2 is 1.90 bits per heavy atom. The fourth-order valence-corrected chi connectivity index (χ4v) is 3.37. The summed E-state index contributed by atoms with van der Waals surface area (Å²) >= 11 is 1.04. The number of aryl methyl sites for hydroxylation is 1. The lowest BCUT2D eigenvalue weighted by Crippen LogP contribution is -2.62. The summed E-state index contributed by atoms with van der Waals surface area (Å²) in [5, 5.41) is -0.179. The number of hydrogen-bond donors (Lipinski definition) is 0. The van der Waals surface area contributed by atoms with Gasteiger partial charge in [-0.05, 0) is 12.0 Å². The summed E-state index contributed by atoms with van der Waals surface area (Å²) in [5.41, 5.74) is 1.14. The zero-order valence-corrected chi connectivity index (χ0v) is 12.3. The molecule has 3 amide bonds. The maximum Gasteiger partial charge on any atom is 0.289 e. The number of hydrogen-bond acceptors (Lipinski definition) is 4. The first-order valence-electron chi connectivity index (χ1n) is 6.95. The van der Waals surface area contributed by atoms with Crippen LogP contribution in [-0.2, 0) is 16.0 Å². The molecule has 21 heavy (non-hydrogen) atoms. The fourth-order valence-electron chi connectivity index (χ4n) is 2.59. The third-order valence-corrected chi connectivity index (χ3v) is 4.67. The van der Waals surface area contributed by atoms with E-state index in [9.17, 15) is 14.4 Å². The molecule has 0 bridgehead atoms. The van der Waals surface area contributed by atoms with E-state index >= 15 is 0 Å². The Labute approximate surface area is 127 Å². The largest absolute Gasteiger partial charge is 0.338 e. The number of likely N-dealkylation sites (tertiary alicyclic amines) is 1. The van der Waals surface area contributed by atoms with Crippen molar-refractivity contribution < 1.29 is 14.4 Å². The fraction of sp³-hybridized carbons (Fsp3) is 0.400. The Bertz CT molecular complexity index is 554. The molecule has 2 fully saturated rings. The Kier molecular flexibility index (Phi) is 3.96. The van der Waals surface area contributed by atoms with Gasteiger partial charge in [0.05, 0.1) is 11.8 Å². The van der Waals surface area contributed by atoms with E-state index in [2.05, 4.69) is 0 Å². The number of rotatable bonds is 4. The molecule has 6 heteroatoms. The first kappa shape index (κ1) is 14.1. The van der Waals surface area contributed by atoms with Gasteiger partial charge in [0.15, 0.2) is 0 Å². The van der Waals surface area contributed by atoms with E-state index in [-0.39, 0.29) is 28.8 Å². The Hall–Kier alpha value is -1.82. The molecule has 2 aliphatic rings. The molecule has 1 aromatic carbocycles. The molecule has 1 aromatic rings. The number of benzene rings is 1. The van der Waals surface area contributed by atoms with Gasteiger partial charge in [-0.25, -0.2) is 0 Å². The van der Waals surface area contributed by atoms with Crippen LogP contribution >= 0.6 is 11.8 Å².